The standard InChI is InChI=1S/C12H8ClN3O5/c13-6-3-1-5(2-4-6)9(17)14-7-8(11(19)20)15-12(21)16-10(7)18/h1-4H,(H,14,17)(H,19,20)(H2,15,16,18,21). The summed E-state index contributed by atoms with van der Waals surface area (Å²) in [7, 11) is 0. The number of hydrogen-bond acceptors (Lipinski definition) is 4. The second kappa shape index (κ2) is 5.63. The molecule has 2 rings (SSSR count). The van der Waals surface area contributed by atoms with Crippen molar-refractivity contribution >= 4 is 29.2 Å². The van der Waals surface area contributed by atoms with Gasteiger partial charge in [0.05, 0.1) is 0 Å². The molecule has 108 valence electrons. The Morgan fingerprint density at radius 3 is 2.29 bits per heavy atom. The highest BCUT2D eigenvalue weighted by molar-refractivity contribution is 6.30. The second-order valence-corrected chi connectivity index (χ2v) is 4.36. The molecule has 0 aliphatic carbocycles. The van der Waals surface area contributed by atoms with Gasteiger partial charge in [-0.3, -0.25) is 19.6 Å². The van der Waals surface area contributed by atoms with Crippen molar-refractivity contribution < 1.29 is 14.7 Å². The number of benzene rings is 1. The Morgan fingerprint density at radius 1 is 1.10 bits per heavy atom. The fraction of sp³-hybridized carbons (Fsp3) is 0. The maximum atomic E-state index is 11.9. The van der Waals surface area contributed by atoms with Crippen molar-refractivity contribution in [1.82, 2.24) is 9.97 Å². The number of carboxylic acids is 1. The van der Waals surface area contributed by atoms with Crippen LogP contribution in [0.5, 0.6) is 0 Å². The Balaban J connectivity index is 2.42. The molecule has 9 heteroatoms. The Labute approximate surface area is 121 Å². The van der Waals surface area contributed by atoms with E-state index in [9.17, 15) is 19.2 Å². The highest BCUT2D eigenvalue weighted by Gasteiger charge is 2.18. The Bertz CT molecular complexity index is 822. The van der Waals surface area contributed by atoms with E-state index in [1.807, 2.05) is 9.97 Å². The normalized spacial score (nSPS) is 10.1. The van der Waals surface area contributed by atoms with E-state index in [2.05, 4.69) is 5.32 Å². The van der Waals surface area contributed by atoms with Gasteiger partial charge < -0.3 is 10.4 Å². The van der Waals surface area contributed by atoms with Gasteiger partial charge in [0.2, 0.25) is 0 Å². The number of H-pyrrole nitrogens is 2. The van der Waals surface area contributed by atoms with Crippen LogP contribution in [0, 0.1) is 0 Å². The third kappa shape index (κ3) is 3.18. The molecule has 1 heterocycles. The van der Waals surface area contributed by atoms with E-state index in [4.69, 9.17) is 16.7 Å². The van der Waals surface area contributed by atoms with E-state index in [1.54, 1.807) is 0 Å². The van der Waals surface area contributed by atoms with Crippen LogP contribution in [0.2, 0.25) is 5.02 Å². The second-order valence-electron chi connectivity index (χ2n) is 3.92. The predicted octanol–water partition coefficient (Wildman–Crippen LogP) is 0.667. The third-order valence-corrected chi connectivity index (χ3v) is 2.75. The summed E-state index contributed by atoms with van der Waals surface area (Å²) in [6.45, 7) is 0. The number of hydrogen-bond donors (Lipinski definition) is 4. The molecule has 0 saturated heterocycles. The van der Waals surface area contributed by atoms with Crippen molar-refractivity contribution in [2.24, 2.45) is 0 Å². The molecule has 1 amide bonds. The van der Waals surface area contributed by atoms with Crippen LogP contribution in [0.1, 0.15) is 20.8 Å². The maximum absolute atomic E-state index is 11.9. The van der Waals surface area contributed by atoms with Crippen molar-refractivity contribution in [2.75, 3.05) is 5.32 Å². The van der Waals surface area contributed by atoms with Crippen LogP contribution in [0.3, 0.4) is 0 Å². The monoisotopic (exact) mass is 309 g/mol. The Hall–Kier alpha value is -2.87. The first-order valence-electron chi connectivity index (χ1n) is 5.55. The van der Waals surface area contributed by atoms with Crippen LogP contribution in [0.25, 0.3) is 0 Å². The van der Waals surface area contributed by atoms with Crippen LogP contribution in [-0.4, -0.2) is 27.0 Å². The van der Waals surface area contributed by atoms with Crippen LogP contribution in [0.15, 0.2) is 33.9 Å². The van der Waals surface area contributed by atoms with Gasteiger partial charge in [-0.25, -0.2) is 9.59 Å². The largest absolute Gasteiger partial charge is 0.477 e. The number of aromatic carboxylic acids is 1. The van der Waals surface area contributed by atoms with Gasteiger partial charge in [0.25, 0.3) is 11.5 Å². The minimum Gasteiger partial charge on any atom is -0.477 e. The molecule has 0 aliphatic rings. The van der Waals surface area contributed by atoms with Crippen molar-refractivity contribution in [2.45, 2.75) is 0 Å². The number of rotatable bonds is 3. The summed E-state index contributed by atoms with van der Waals surface area (Å²) in [6, 6.07) is 5.73. The Kier molecular flexibility index (Phi) is 3.90. The van der Waals surface area contributed by atoms with Gasteiger partial charge in [-0.05, 0) is 24.3 Å². The summed E-state index contributed by atoms with van der Waals surface area (Å²) in [5.74, 6) is -2.27. The van der Waals surface area contributed by atoms with Crippen LogP contribution >= 0.6 is 11.6 Å². The van der Waals surface area contributed by atoms with Crippen molar-refractivity contribution in [1.29, 1.82) is 0 Å². The van der Waals surface area contributed by atoms with E-state index in [0.717, 1.165) is 0 Å². The van der Waals surface area contributed by atoms with Gasteiger partial charge in [0, 0.05) is 10.6 Å². The highest BCUT2D eigenvalue weighted by Crippen LogP contribution is 2.12. The molecular weight excluding hydrogens is 302 g/mol. The van der Waals surface area contributed by atoms with Crippen molar-refractivity contribution in [3.8, 4) is 0 Å². The topological polar surface area (TPSA) is 132 Å². The number of aromatic amines is 2. The number of anilines is 1. The zero-order valence-electron chi connectivity index (χ0n) is 10.3. The zero-order valence-corrected chi connectivity index (χ0v) is 11.0. The van der Waals surface area contributed by atoms with Gasteiger partial charge in [-0.15, -0.1) is 0 Å². The van der Waals surface area contributed by atoms with Gasteiger partial charge in [-0.1, -0.05) is 11.6 Å². The molecule has 0 saturated carbocycles. The molecule has 2 aromatic rings. The van der Waals surface area contributed by atoms with Crippen LogP contribution in [0.4, 0.5) is 5.69 Å². The highest BCUT2D eigenvalue weighted by atomic mass is 35.5. The fourth-order valence-corrected chi connectivity index (χ4v) is 1.68. The van der Waals surface area contributed by atoms with E-state index in [-0.39, 0.29) is 5.56 Å². The molecular formula is C12H8ClN3O5. The molecule has 0 bridgehead atoms. The molecule has 1 aromatic heterocycles. The van der Waals surface area contributed by atoms with Crippen LogP contribution in [-0.2, 0) is 0 Å². The lowest BCUT2D eigenvalue weighted by Crippen LogP contribution is -2.31. The molecule has 0 spiro atoms. The summed E-state index contributed by atoms with van der Waals surface area (Å²) in [5, 5.41) is 11.5. The number of halogens is 1. The molecule has 0 fully saturated rings. The summed E-state index contributed by atoms with van der Waals surface area (Å²) < 4.78 is 0. The average Bonchev–Trinajstić information content (AvgIpc) is 2.41. The lowest BCUT2D eigenvalue weighted by Gasteiger charge is -2.07. The third-order valence-electron chi connectivity index (χ3n) is 2.50. The SMILES string of the molecule is O=C(Nc1c(C(=O)O)[nH]c(=O)[nH]c1=O)c1ccc(Cl)cc1. The number of nitrogens with one attached hydrogen (secondary N) is 3. The number of carbonyl (C=O) groups is 2. The minimum atomic E-state index is -1.55. The lowest BCUT2D eigenvalue weighted by atomic mass is 10.2. The maximum Gasteiger partial charge on any atom is 0.354 e. The number of carbonyl (C=O) groups excluding carboxylic acids is 1. The summed E-state index contributed by atoms with van der Waals surface area (Å²) in [4.78, 5) is 49.4. The van der Waals surface area contributed by atoms with Gasteiger partial charge in [-0.2, -0.15) is 0 Å². The summed E-state index contributed by atoms with van der Waals surface area (Å²) >= 11 is 5.68. The first-order chi connectivity index (χ1) is 9.88. The molecule has 0 aliphatic heterocycles. The first-order valence-corrected chi connectivity index (χ1v) is 5.93. The molecule has 8 nitrogen and oxygen atoms in total. The molecule has 0 atom stereocenters. The quantitative estimate of drug-likeness (QED) is 0.661. The number of carboxylic acid groups (broad SMARTS) is 1. The first kappa shape index (κ1) is 14.5. The minimum absolute atomic E-state index is 0.168. The van der Waals surface area contributed by atoms with Gasteiger partial charge in [0.1, 0.15) is 5.69 Å². The van der Waals surface area contributed by atoms with E-state index >= 15 is 0 Å². The molecule has 0 radical (unpaired) electrons. The summed E-state index contributed by atoms with van der Waals surface area (Å²) in [5.41, 5.74) is -3.09. The van der Waals surface area contributed by atoms with E-state index in [0.29, 0.717) is 5.02 Å². The summed E-state index contributed by atoms with van der Waals surface area (Å²) in [6.07, 6.45) is 0. The fourth-order valence-electron chi connectivity index (χ4n) is 1.55. The number of aromatic nitrogens is 2. The van der Waals surface area contributed by atoms with Crippen LogP contribution < -0.4 is 16.6 Å². The molecule has 21 heavy (non-hydrogen) atoms. The van der Waals surface area contributed by atoms with Crippen molar-refractivity contribution in [3.63, 3.8) is 0 Å². The van der Waals surface area contributed by atoms with E-state index < -0.39 is 34.5 Å². The van der Waals surface area contributed by atoms with Gasteiger partial charge >= 0.3 is 11.7 Å². The molecule has 4 N–H and O–H groups in total. The average molecular weight is 310 g/mol. The van der Waals surface area contributed by atoms with Gasteiger partial charge in [0.15, 0.2) is 5.69 Å². The molecule has 0 unspecified atom stereocenters. The smallest absolute Gasteiger partial charge is 0.354 e. The Morgan fingerprint density at radius 2 is 1.71 bits per heavy atom. The number of amides is 1. The van der Waals surface area contributed by atoms with E-state index in [1.165, 1.54) is 24.3 Å². The molecule has 1 aromatic carbocycles. The predicted molar refractivity (Wildman–Crippen MR) is 74.0 cm³/mol. The zero-order chi connectivity index (χ0) is 15.6. The lowest BCUT2D eigenvalue weighted by molar-refractivity contribution is 0.0691. The van der Waals surface area contributed by atoms with Crippen molar-refractivity contribution in [3.05, 3.63) is 61.4 Å².